The number of carbonyl (C=O) groups is 2. The Labute approximate surface area is 140 Å². The molecule has 0 saturated heterocycles. The van der Waals surface area contributed by atoms with E-state index in [0.717, 1.165) is 12.0 Å². The van der Waals surface area contributed by atoms with Crippen molar-refractivity contribution >= 4 is 11.8 Å². The van der Waals surface area contributed by atoms with Gasteiger partial charge < -0.3 is 9.47 Å². The second-order valence-corrected chi connectivity index (χ2v) is 5.60. The van der Waals surface area contributed by atoms with Crippen LogP contribution in [0.5, 0.6) is 11.5 Å². The molecule has 1 aliphatic heterocycles. The molecule has 0 spiro atoms. The van der Waals surface area contributed by atoms with Gasteiger partial charge in [0, 0.05) is 6.54 Å². The van der Waals surface area contributed by atoms with Gasteiger partial charge >= 0.3 is 0 Å². The predicted octanol–water partition coefficient (Wildman–Crippen LogP) is 2.93. The molecule has 0 N–H and O–H groups in total. The van der Waals surface area contributed by atoms with Gasteiger partial charge in [-0.3, -0.25) is 14.5 Å². The number of aryl methyl sites for hydroxylation is 1. The topological polar surface area (TPSA) is 55.8 Å². The van der Waals surface area contributed by atoms with Crippen LogP contribution in [0.3, 0.4) is 0 Å². The van der Waals surface area contributed by atoms with E-state index in [1.807, 2.05) is 18.2 Å². The summed E-state index contributed by atoms with van der Waals surface area (Å²) < 4.78 is 10.5. The highest BCUT2D eigenvalue weighted by Crippen LogP contribution is 2.28. The van der Waals surface area contributed by atoms with Crippen LogP contribution in [0.1, 0.15) is 32.7 Å². The standard InChI is InChI=1S/C19H19NO4/c1-23-16-10-9-13(12-17(16)24-2)6-5-11-20-18(21)14-7-3-4-8-15(14)19(20)22/h3-4,7-10,12H,5-6,11H2,1-2H3. The van der Waals surface area contributed by atoms with Gasteiger partial charge in [-0.1, -0.05) is 18.2 Å². The fraction of sp³-hybridized carbons (Fsp3) is 0.263. The summed E-state index contributed by atoms with van der Waals surface area (Å²) in [5, 5.41) is 0. The van der Waals surface area contributed by atoms with Gasteiger partial charge in [0.1, 0.15) is 0 Å². The minimum atomic E-state index is -0.206. The van der Waals surface area contributed by atoms with Gasteiger partial charge in [-0.2, -0.15) is 0 Å². The first-order valence-electron chi connectivity index (χ1n) is 7.82. The monoisotopic (exact) mass is 325 g/mol. The molecule has 0 radical (unpaired) electrons. The molecule has 5 nitrogen and oxygen atoms in total. The Morgan fingerprint density at radius 2 is 1.50 bits per heavy atom. The number of methoxy groups -OCH3 is 2. The third-order valence-corrected chi connectivity index (χ3v) is 4.17. The lowest BCUT2D eigenvalue weighted by atomic mass is 10.1. The van der Waals surface area contributed by atoms with E-state index in [4.69, 9.17) is 9.47 Å². The third-order valence-electron chi connectivity index (χ3n) is 4.17. The van der Waals surface area contributed by atoms with Crippen molar-refractivity contribution in [2.24, 2.45) is 0 Å². The van der Waals surface area contributed by atoms with Gasteiger partial charge in [0.15, 0.2) is 11.5 Å². The average Bonchev–Trinajstić information content (AvgIpc) is 2.86. The molecular formula is C19H19NO4. The molecule has 1 aliphatic rings. The Morgan fingerprint density at radius 1 is 0.875 bits per heavy atom. The molecule has 0 atom stereocenters. The fourth-order valence-corrected chi connectivity index (χ4v) is 2.92. The first kappa shape index (κ1) is 16.1. The predicted molar refractivity (Wildman–Crippen MR) is 89.7 cm³/mol. The second kappa shape index (κ2) is 6.74. The maximum Gasteiger partial charge on any atom is 0.261 e. The molecule has 0 aliphatic carbocycles. The van der Waals surface area contributed by atoms with Crippen LogP contribution in [0.4, 0.5) is 0 Å². The van der Waals surface area contributed by atoms with Crippen molar-refractivity contribution in [2.45, 2.75) is 12.8 Å². The van der Waals surface area contributed by atoms with E-state index in [-0.39, 0.29) is 11.8 Å². The summed E-state index contributed by atoms with van der Waals surface area (Å²) in [6.07, 6.45) is 1.44. The number of benzene rings is 2. The van der Waals surface area contributed by atoms with Crippen molar-refractivity contribution < 1.29 is 19.1 Å². The van der Waals surface area contributed by atoms with Gasteiger partial charge in [0.2, 0.25) is 0 Å². The molecule has 1 heterocycles. The Kier molecular flexibility index (Phi) is 4.51. The van der Waals surface area contributed by atoms with Crippen molar-refractivity contribution in [1.29, 1.82) is 0 Å². The molecule has 0 fully saturated rings. The Hall–Kier alpha value is -2.82. The summed E-state index contributed by atoms with van der Waals surface area (Å²) >= 11 is 0. The lowest BCUT2D eigenvalue weighted by molar-refractivity contribution is 0.0652. The molecule has 2 aromatic rings. The summed E-state index contributed by atoms with van der Waals surface area (Å²) in [4.78, 5) is 25.9. The number of nitrogens with zero attached hydrogens (tertiary/aromatic N) is 1. The van der Waals surface area contributed by atoms with Crippen LogP contribution < -0.4 is 9.47 Å². The lowest BCUT2D eigenvalue weighted by Crippen LogP contribution is -2.30. The van der Waals surface area contributed by atoms with Crippen molar-refractivity contribution in [3.63, 3.8) is 0 Å². The summed E-state index contributed by atoms with van der Waals surface area (Å²) in [6.45, 7) is 0.403. The van der Waals surface area contributed by atoms with E-state index in [0.29, 0.717) is 35.6 Å². The highest BCUT2D eigenvalue weighted by Gasteiger charge is 2.34. The first-order valence-corrected chi connectivity index (χ1v) is 7.82. The molecule has 3 rings (SSSR count). The zero-order valence-corrected chi connectivity index (χ0v) is 13.7. The summed E-state index contributed by atoms with van der Waals surface area (Å²) in [5.41, 5.74) is 2.06. The van der Waals surface area contributed by atoms with Crippen molar-refractivity contribution in [3.05, 3.63) is 59.2 Å². The largest absolute Gasteiger partial charge is 0.493 e. The molecule has 0 aromatic heterocycles. The smallest absolute Gasteiger partial charge is 0.261 e. The van der Waals surface area contributed by atoms with Crippen molar-refractivity contribution in [2.75, 3.05) is 20.8 Å². The van der Waals surface area contributed by atoms with Gasteiger partial charge in [-0.15, -0.1) is 0 Å². The van der Waals surface area contributed by atoms with Crippen LogP contribution in [0.25, 0.3) is 0 Å². The fourth-order valence-electron chi connectivity index (χ4n) is 2.92. The van der Waals surface area contributed by atoms with E-state index in [1.165, 1.54) is 4.90 Å². The highest BCUT2D eigenvalue weighted by atomic mass is 16.5. The van der Waals surface area contributed by atoms with Crippen LogP contribution in [0, 0.1) is 0 Å². The number of ether oxygens (including phenoxy) is 2. The number of amides is 2. The van der Waals surface area contributed by atoms with E-state index in [2.05, 4.69) is 0 Å². The van der Waals surface area contributed by atoms with Crippen LogP contribution in [0.2, 0.25) is 0 Å². The molecule has 124 valence electrons. The van der Waals surface area contributed by atoms with Crippen molar-refractivity contribution in [1.82, 2.24) is 4.90 Å². The zero-order valence-electron chi connectivity index (χ0n) is 13.7. The number of imide groups is 1. The third kappa shape index (κ3) is 2.85. The van der Waals surface area contributed by atoms with Crippen LogP contribution in [0.15, 0.2) is 42.5 Å². The molecule has 0 saturated carbocycles. The number of carbonyl (C=O) groups excluding carboxylic acids is 2. The normalized spacial score (nSPS) is 13.2. The first-order chi connectivity index (χ1) is 11.7. The molecule has 2 aromatic carbocycles. The van der Waals surface area contributed by atoms with Gasteiger partial charge in [-0.25, -0.2) is 0 Å². The van der Waals surface area contributed by atoms with Gasteiger partial charge in [0.25, 0.3) is 11.8 Å². The Morgan fingerprint density at radius 3 is 2.08 bits per heavy atom. The number of fused-ring (bicyclic) bond motifs is 1. The van der Waals surface area contributed by atoms with E-state index < -0.39 is 0 Å². The van der Waals surface area contributed by atoms with Gasteiger partial charge in [0.05, 0.1) is 25.3 Å². The highest BCUT2D eigenvalue weighted by molar-refractivity contribution is 6.21. The molecule has 24 heavy (non-hydrogen) atoms. The summed E-state index contributed by atoms with van der Waals surface area (Å²) in [6, 6.07) is 12.7. The van der Waals surface area contributed by atoms with Crippen LogP contribution in [-0.2, 0) is 6.42 Å². The van der Waals surface area contributed by atoms with Crippen LogP contribution in [-0.4, -0.2) is 37.5 Å². The Bertz CT molecular complexity index is 750. The molecular weight excluding hydrogens is 306 g/mol. The quantitative estimate of drug-likeness (QED) is 0.766. The maximum atomic E-state index is 12.3. The number of hydrogen-bond acceptors (Lipinski definition) is 4. The maximum absolute atomic E-state index is 12.3. The molecule has 0 unspecified atom stereocenters. The SMILES string of the molecule is COc1ccc(CCCN2C(=O)c3ccccc3C2=O)cc1OC. The van der Waals surface area contributed by atoms with Gasteiger partial charge in [-0.05, 0) is 42.7 Å². The van der Waals surface area contributed by atoms with E-state index in [9.17, 15) is 9.59 Å². The minimum Gasteiger partial charge on any atom is -0.493 e. The number of rotatable bonds is 6. The second-order valence-electron chi connectivity index (χ2n) is 5.60. The zero-order chi connectivity index (χ0) is 17.1. The molecule has 0 bridgehead atoms. The minimum absolute atomic E-state index is 0.206. The Balaban J connectivity index is 1.64. The summed E-state index contributed by atoms with van der Waals surface area (Å²) in [7, 11) is 3.19. The van der Waals surface area contributed by atoms with E-state index >= 15 is 0 Å². The number of hydrogen-bond donors (Lipinski definition) is 0. The molecule has 5 heteroatoms. The average molecular weight is 325 g/mol. The lowest BCUT2D eigenvalue weighted by Gasteiger charge is -2.14. The van der Waals surface area contributed by atoms with E-state index in [1.54, 1.807) is 38.5 Å². The van der Waals surface area contributed by atoms with Crippen molar-refractivity contribution in [3.8, 4) is 11.5 Å². The van der Waals surface area contributed by atoms with Crippen LogP contribution >= 0.6 is 0 Å². The summed E-state index contributed by atoms with van der Waals surface area (Å²) in [5.74, 6) is 0.947. The molecule has 2 amide bonds.